The summed E-state index contributed by atoms with van der Waals surface area (Å²) in [6, 6.07) is 7.00. The monoisotopic (exact) mass is 237 g/mol. The molecule has 1 aromatic heterocycles. The van der Waals surface area contributed by atoms with Gasteiger partial charge in [0.15, 0.2) is 0 Å². The van der Waals surface area contributed by atoms with Crippen molar-refractivity contribution in [2.45, 2.75) is 19.4 Å². The third-order valence-electron chi connectivity index (χ3n) is 2.38. The number of aromatic nitrogens is 1. The van der Waals surface area contributed by atoms with Crippen LogP contribution in [0.1, 0.15) is 19.4 Å². The van der Waals surface area contributed by atoms with Gasteiger partial charge in [-0.2, -0.15) is 0 Å². The molecule has 1 atom stereocenters. The quantitative estimate of drug-likeness (QED) is 0.889. The van der Waals surface area contributed by atoms with E-state index in [1.807, 2.05) is 18.2 Å². The second kappa shape index (κ2) is 4.09. The van der Waals surface area contributed by atoms with Gasteiger partial charge in [-0.3, -0.25) is 13.5 Å². The third-order valence-corrected chi connectivity index (χ3v) is 3.66. The van der Waals surface area contributed by atoms with Gasteiger partial charge in [-0.25, -0.2) is 0 Å². The molecule has 1 unspecified atom stereocenters. The Bertz CT molecular complexity index is 584. The minimum absolute atomic E-state index is 0.0350. The van der Waals surface area contributed by atoms with Crippen LogP contribution in [0.15, 0.2) is 29.1 Å². The molecule has 0 saturated carbocycles. The molecule has 0 aliphatic heterocycles. The van der Waals surface area contributed by atoms with E-state index in [4.69, 9.17) is 5.11 Å². The van der Waals surface area contributed by atoms with Crippen LogP contribution in [0.4, 0.5) is 0 Å². The molecule has 0 aliphatic rings. The molecule has 0 amide bonds. The number of carbonyl (C=O) groups is 1. The van der Waals surface area contributed by atoms with Crippen molar-refractivity contribution in [2.75, 3.05) is 0 Å². The molecule has 0 aliphatic carbocycles. The van der Waals surface area contributed by atoms with Gasteiger partial charge in [0.05, 0.1) is 22.5 Å². The number of aliphatic carboxylic acids is 1. The van der Waals surface area contributed by atoms with E-state index in [2.05, 4.69) is 0 Å². The molecule has 5 heteroatoms. The fraction of sp³-hybridized carbons (Fsp3) is 0.273. The summed E-state index contributed by atoms with van der Waals surface area (Å²) in [5, 5.41) is 9.36. The molecule has 0 saturated heterocycles. The van der Waals surface area contributed by atoms with E-state index in [1.54, 1.807) is 13.0 Å². The Kier molecular flexibility index (Phi) is 2.78. The smallest absolute Gasteiger partial charge is 0.305 e. The van der Waals surface area contributed by atoms with Crippen molar-refractivity contribution in [3.63, 3.8) is 0 Å². The van der Waals surface area contributed by atoms with Gasteiger partial charge < -0.3 is 5.11 Å². The zero-order valence-corrected chi connectivity index (χ0v) is 9.53. The van der Waals surface area contributed by atoms with Gasteiger partial charge in [0.25, 0.3) is 5.56 Å². The number of fused-ring (bicyclic) bond motifs is 1. The molecule has 16 heavy (non-hydrogen) atoms. The van der Waals surface area contributed by atoms with Crippen LogP contribution in [0, 0.1) is 0 Å². The Hall–Kier alpha value is -1.62. The first-order valence-electron chi connectivity index (χ1n) is 4.92. The number of benzene rings is 1. The topological polar surface area (TPSA) is 59.3 Å². The summed E-state index contributed by atoms with van der Waals surface area (Å²) in [6.45, 7) is 1.74. The standard InChI is InChI=1S/C11H11NO3S/c1-7(6-10(13)14)12-11(15)8-4-2-3-5-9(8)16-12/h2-5,7H,6H2,1H3,(H,13,14). The average Bonchev–Trinajstić information content (AvgIpc) is 2.56. The molecular weight excluding hydrogens is 226 g/mol. The number of nitrogens with zero attached hydrogens (tertiary/aromatic N) is 1. The van der Waals surface area contributed by atoms with Crippen LogP contribution in [-0.2, 0) is 4.79 Å². The fourth-order valence-corrected chi connectivity index (χ4v) is 2.66. The lowest BCUT2D eigenvalue weighted by Crippen LogP contribution is -2.19. The van der Waals surface area contributed by atoms with Crippen LogP contribution in [0.25, 0.3) is 10.1 Å². The van der Waals surface area contributed by atoms with Crippen molar-refractivity contribution in [3.8, 4) is 0 Å². The van der Waals surface area contributed by atoms with E-state index in [9.17, 15) is 9.59 Å². The molecule has 1 heterocycles. The summed E-state index contributed by atoms with van der Waals surface area (Å²) in [7, 11) is 0. The number of hydrogen-bond donors (Lipinski definition) is 1. The van der Waals surface area contributed by atoms with Crippen LogP contribution < -0.4 is 5.56 Å². The van der Waals surface area contributed by atoms with Crippen molar-refractivity contribution >= 4 is 27.6 Å². The van der Waals surface area contributed by atoms with Gasteiger partial charge in [-0.15, -0.1) is 0 Å². The van der Waals surface area contributed by atoms with E-state index >= 15 is 0 Å². The Morgan fingerprint density at radius 2 is 2.19 bits per heavy atom. The molecule has 84 valence electrons. The van der Waals surface area contributed by atoms with Crippen molar-refractivity contribution in [1.29, 1.82) is 0 Å². The minimum atomic E-state index is -0.892. The van der Waals surface area contributed by atoms with Gasteiger partial charge in [-0.05, 0) is 19.1 Å². The largest absolute Gasteiger partial charge is 0.481 e. The maximum absolute atomic E-state index is 11.9. The lowest BCUT2D eigenvalue weighted by atomic mass is 10.2. The summed E-state index contributed by atoms with van der Waals surface area (Å²) in [5.74, 6) is -0.892. The van der Waals surface area contributed by atoms with Gasteiger partial charge in [-0.1, -0.05) is 23.7 Å². The fourth-order valence-electron chi connectivity index (χ4n) is 1.61. The highest BCUT2D eigenvalue weighted by molar-refractivity contribution is 7.13. The van der Waals surface area contributed by atoms with Gasteiger partial charge in [0.1, 0.15) is 0 Å². The molecule has 4 nitrogen and oxygen atoms in total. The van der Waals surface area contributed by atoms with Crippen LogP contribution in [-0.4, -0.2) is 15.0 Å². The maximum Gasteiger partial charge on any atom is 0.305 e. The van der Waals surface area contributed by atoms with Crippen LogP contribution in [0.5, 0.6) is 0 Å². The highest BCUT2D eigenvalue weighted by Crippen LogP contribution is 2.20. The van der Waals surface area contributed by atoms with Gasteiger partial charge in [0.2, 0.25) is 0 Å². The SMILES string of the molecule is CC(CC(=O)O)n1sc2ccccc2c1=O. The molecule has 1 aromatic carbocycles. The minimum Gasteiger partial charge on any atom is -0.481 e. The van der Waals surface area contributed by atoms with E-state index < -0.39 is 5.97 Å². The highest BCUT2D eigenvalue weighted by atomic mass is 32.1. The predicted octanol–water partition coefficient (Wildman–Crippen LogP) is 2.10. The molecule has 2 rings (SSSR count). The van der Waals surface area contributed by atoms with Crippen molar-refractivity contribution in [2.24, 2.45) is 0 Å². The van der Waals surface area contributed by atoms with E-state index in [0.717, 1.165) is 4.70 Å². The summed E-state index contributed by atoms with van der Waals surface area (Å²) >= 11 is 1.31. The second-order valence-electron chi connectivity index (χ2n) is 3.67. The molecule has 0 fully saturated rings. The Morgan fingerprint density at radius 1 is 1.50 bits per heavy atom. The lowest BCUT2D eigenvalue weighted by molar-refractivity contribution is -0.137. The molecular formula is C11H11NO3S. The summed E-state index contributed by atoms with van der Waals surface area (Å²) < 4.78 is 2.42. The molecule has 0 bridgehead atoms. The first kappa shape index (κ1) is 10.9. The third kappa shape index (κ3) is 1.86. The van der Waals surface area contributed by atoms with Crippen LogP contribution in [0.2, 0.25) is 0 Å². The predicted molar refractivity (Wildman–Crippen MR) is 63.0 cm³/mol. The van der Waals surface area contributed by atoms with Gasteiger partial charge >= 0.3 is 5.97 Å². The lowest BCUT2D eigenvalue weighted by Gasteiger charge is -2.07. The molecule has 2 aromatic rings. The second-order valence-corrected chi connectivity index (χ2v) is 4.68. The Morgan fingerprint density at radius 3 is 2.81 bits per heavy atom. The Labute approximate surface area is 95.9 Å². The van der Waals surface area contributed by atoms with E-state index in [1.165, 1.54) is 15.5 Å². The van der Waals surface area contributed by atoms with Crippen molar-refractivity contribution in [1.82, 2.24) is 3.96 Å². The highest BCUT2D eigenvalue weighted by Gasteiger charge is 2.15. The first-order valence-corrected chi connectivity index (χ1v) is 5.69. The van der Waals surface area contributed by atoms with Crippen LogP contribution >= 0.6 is 11.5 Å². The first-order chi connectivity index (χ1) is 7.59. The maximum atomic E-state index is 11.9. The zero-order chi connectivity index (χ0) is 11.7. The Balaban J connectivity index is 2.49. The van der Waals surface area contributed by atoms with E-state index in [-0.39, 0.29) is 18.0 Å². The summed E-state index contributed by atoms with van der Waals surface area (Å²) in [4.78, 5) is 22.5. The molecule has 0 spiro atoms. The number of carboxylic acids is 1. The zero-order valence-electron chi connectivity index (χ0n) is 8.71. The van der Waals surface area contributed by atoms with E-state index in [0.29, 0.717) is 5.39 Å². The van der Waals surface area contributed by atoms with Crippen molar-refractivity contribution in [3.05, 3.63) is 34.6 Å². The molecule has 0 radical (unpaired) electrons. The van der Waals surface area contributed by atoms with Gasteiger partial charge in [0, 0.05) is 0 Å². The normalized spacial score (nSPS) is 12.8. The average molecular weight is 237 g/mol. The van der Waals surface area contributed by atoms with Crippen molar-refractivity contribution < 1.29 is 9.90 Å². The molecule has 1 N–H and O–H groups in total. The number of carboxylic acid groups (broad SMARTS) is 1. The van der Waals surface area contributed by atoms with Crippen LogP contribution in [0.3, 0.4) is 0 Å². The summed E-state index contributed by atoms with van der Waals surface area (Å²) in [6.07, 6.45) is -0.0350. The number of rotatable bonds is 3. The number of hydrogen-bond acceptors (Lipinski definition) is 3. The summed E-state index contributed by atoms with van der Waals surface area (Å²) in [5.41, 5.74) is -0.102.